The van der Waals surface area contributed by atoms with E-state index >= 15 is 0 Å². The van der Waals surface area contributed by atoms with Crippen molar-refractivity contribution in [3.05, 3.63) is 23.0 Å². The van der Waals surface area contributed by atoms with Crippen LogP contribution in [0.5, 0.6) is 0 Å². The number of aromatic nitrogens is 3. The predicted octanol–water partition coefficient (Wildman–Crippen LogP) is 3.14. The van der Waals surface area contributed by atoms with E-state index in [0.29, 0.717) is 0 Å². The zero-order valence-electron chi connectivity index (χ0n) is 12.8. The predicted molar refractivity (Wildman–Crippen MR) is 82.0 cm³/mol. The number of nitrogen functional groups attached to an aromatic ring is 1. The maximum absolute atomic E-state index is 9.75. The summed E-state index contributed by atoms with van der Waals surface area (Å²) in [5.74, 6) is 0.508. The average molecular weight is 283 g/mol. The molecular formula is C16H21N5. The lowest BCUT2D eigenvalue weighted by molar-refractivity contribution is 0.224. The first-order chi connectivity index (χ1) is 10.0. The second kappa shape index (κ2) is 4.73. The van der Waals surface area contributed by atoms with Gasteiger partial charge in [0.1, 0.15) is 6.07 Å². The molecule has 2 aromatic heterocycles. The van der Waals surface area contributed by atoms with Gasteiger partial charge in [-0.15, -0.1) is 5.10 Å². The Hall–Kier alpha value is -2.09. The van der Waals surface area contributed by atoms with Crippen LogP contribution >= 0.6 is 0 Å². The second-order valence-corrected chi connectivity index (χ2v) is 6.30. The van der Waals surface area contributed by atoms with Gasteiger partial charge in [-0.3, -0.25) is 0 Å². The minimum atomic E-state index is 0.0713. The van der Waals surface area contributed by atoms with E-state index in [1.54, 1.807) is 6.20 Å². The summed E-state index contributed by atoms with van der Waals surface area (Å²) in [7, 11) is 0. The summed E-state index contributed by atoms with van der Waals surface area (Å²) < 4.78 is 1.89. The van der Waals surface area contributed by atoms with Crippen molar-refractivity contribution >= 4 is 11.5 Å². The first-order valence-electron chi connectivity index (χ1n) is 7.61. The third kappa shape index (κ3) is 1.82. The fourth-order valence-corrected chi connectivity index (χ4v) is 3.63. The summed E-state index contributed by atoms with van der Waals surface area (Å²) in [4.78, 5) is 4.13. The molecule has 0 bridgehead atoms. The van der Waals surface area contributed by atoms with Crippen molar-refractivity contribution in [1.82, 2.24) is 14.6 Å². The molecule has 0 saturated heterocycles. The first-order valence-corrected chi connectivity index (χ1v) is 7.61. The van der Waals surface area contributed by atoms with Gasteiger partial charge in [0.25, 0.3) is 0 Å². The Labute approximate surface area is 124 Å². The highest BCUT2D eigenvalue weighted by Crippen LogP contribution is 2.49. The summed E-state index contributed by atoms with van der Waals surface area (Å²) >= 11 is 0. The molecule has 2 heterocycles. The minimum absolute atomic E-state index is 0.0713. The van der Waals surface area contributed by atoms with Crippen LogP contribution in [0.4, 0.5) is 5.95 Å². The fourth-order valence-electron chi connectivity index (χ4n) is 3.63. The van der Waals surface area contributed by atoms with E-state index in [9.17, 15) is 5.26 Å². The minimum Gasteiger partial charge on any atom is -0.367 e. The lowest BCUT2D eigenvalue weighted by atomic mass is 9.64. The van der Waals surface area contributed by atoms with Gasteiger partial charge < -0.3 is 5.73 Å². The summed E-state index contributed by atoms with van der Waals surface area (Å²) in [6, 6.07) is 2.43. The van der Waals surface area contributed by atoms with Gasteiger partial charge in [-0.1, -0.05) is 27.2 Å². The SMILES string of the molecule is CCC1(c2c(C#N)c(C(C)C)c3cnc(N)nn23)CCC1. The molecule has 0 atom stereocenters. The monoisotopic (exact) mass is 283 g/mol. The normalized spacial score (nSPS) is 16.9. The number of rotatable bonds is 3. The van der Waals surface area contributed by atoms with Crippen molar-refractivity contribution in [3.63, 3.8) is 0 Å². The molecule has 1 aliphatic rings. The first kappa shape index (κ1) is 13.9. The van der Waals surface area contributed by atoms with Crippen molar-refractivity contribution in [3.8, 4) is 6.07 Å². The smallest absolute Gasteiger partial charge is 0.238 e. The maximum atomic E-state index is 9.75. The average Bonchev–Trinajstić information content (AvgIpc) is 2.73. The molecule has 21 heavy (non-hydrogen) atoms. The number of anilines is 1. The van der Waals surface area contributed by atoms with Gasteiger partial charge in [0.15, 0.2) is 0 Å². The molecule has 110 valence electrons. The molecule has 0 unspecified atom stereocenters. The van der Waals surface area contributed by atoms with Gasteiger partial charge in [-0.25, -0.2) is 9.50 Å². The highest BCUT2D eigenvalue weighted by molar-refractivity contribution is 5.67. The molecule has 1 fully saturated rings. The lowest BCUT2D eigenvalue weighted by Crippen LogP contribution is -2.36. The fraction of sp³-hybridized carbons (Fsp3) is 0.562. The lowest BCUT2D eigenvalue weighted by Gasteiger charge is -2.41. The van der Waals surface area contributed by atoms with Crippen molar-refractivity contribution < 1.29 is 0 Å². The summed E-state index contributed by atoms with van der Waals surface area (Å²) in [6.45, 7) is 6.41. The number of nitrogens with two attached hydrogens (primary N) is 1. The van der Waals surface area contributed by atoms with Gasteiger partial charge in [-0.2, -0.15) is 5.26 Å². The van der Waals surface area contributed by atoms with E-state index in [0.717, 1.165) is 41.6 Å². The Bertz CT molecular complexity index is 726. The molecular weight excluding hydrogens is 262 g/mol. The van der Waals surface area contributed by atoms with Crippen LogP contribution in [0.25, 0.3) is 5.52 Å². The molecule has 1 aliphatic carbocycles. The molecule has 5 heteroatoms. The zero-order valence-corrected chi connectivity index (χ0v) is 12.8. The van der Waals surface area contributed by atoms with Crippen LogP contribution in [0.1, 0.15) is 69.2 Å². The van der Waals surface area contributed by atoms with E-state index in [1.807, 2.05) is 4.52 Å². The van der Waals surface area contributed by atoms with Crippen LogP contribution in [0.2, 0.25) is 0 Å². The molecule has 0 radical (unpaired) electrons. The third-order valence-corrected chi connectivity index (χ3v) is 4.92. The largest absolute Gasteiger partial charge is 0.367 e. The summed E-state index contributed by atoms with van der Waals surface area (Å²) in [5, 5.41) is 14.2. The van der Waals surface area contributed by atoms with Crippen LogP contribution in [0.3, 0.4) is 0 Å². The van der Waals surface area contributed by atoms with Crippen molar-refractivity contribution in [2.75, 3.05) is 5.73 Å². The van der Waals surface area contributed by atoms with Crippen molar-refractivity contribution in [2.45, 2.75) is 57.8 Å². The standard InChI is InChI=1S/C16H21N5/c1-4-16(6-5-7-16)14-11(8-17)13(10(2)3)12-9-19-15(18)20-21(12)14/h9-10H,4-7H2,1-3H3,(H2,18,20). The highest BCUT2D eigenvalue weighted by Gasteiger charge is 2.43. The molecule has 0 aliphatic heterocycles. The van der Waals surface area contributed by atoms with Gasteiger partial charge in [-0.05, 0) is 25.2 Å². The number of hydrogen-bond acceptors (Lipinski definition) is 4. The number of fused-ring (bicyclic) bond motifs is 1. The molecule has 2 N–H and O–H groups in total. The summed E-state index contributed by atoms with van der Waals surface area (Å²) in [6.07, 6.45) is 6.22. The Kier molecular flexibility index (Phi) is 3.12. The Morgan fingerprint density at radius 2 is 2.19 bits per heavy atom. The Morgan fingerprint density at radius 1 is 1.48 bits per heavy atom. The molecule has 5 nitrogen and oxygen atoms in total. The van der Waals surface area contributed by atoms with E-state index < -0.39 is 0 Å². The topological polar surface area (TPSA) is 80.0 Å². The van der Waals surface area contributed by atoms with E-state index in [2.05, 4.69) is 36.9 Å². The zero-order chi connectivity index (χ0) is 15.2. The number of nitrogens with zero attached hydrogens (tertiary/aromatic N) is 4. The molecule has 0 amide bonds. The van der Waals surface area contributed by atoms with E-state index in [4.69, 9.17) is 5.73 Å². The van der Waals surface area contributed by atoms with Crippen LogP contribution in [0, 0.1) is 11.3 Å². The Morgan fingerprint density at radius 3 is 2.67 bits per heavy atom. The van der Waals surface area contributed by atoms with E-state index in [1.165, 1.54) is 6.42 Å². The molecule has 0 spiro atoms. The third-order valence-electron chi connectivity index (χ3n) is 4.92. The van der Waals surface area contributed by atoms with Crippen molar-refractivity contribution in [2.24, 2.45) is 0 Å². The van der Waals surface area contributed by atoms with E-state index in [-0.39, 0.29) is 17.3 Å². The van der Waals surface area contributed by atoms with Crippen LogP contribution in [-0.4, -0.2) is 14.6 Å². The highest BCUT2D eigenvalue weighted by atomic mass is 15.3. The van der Waals surface area contributed by atoms with Crippen molar-refractivity contribution in [1.29, 1.82) is 5.26 Å². The maximum Gasteiger partial charge on any atom is 0.238 e. The second-order valence-electron chi connectivity index (χ2n) is 6.30. The number of hydrogen-bond donors (Lipinski definition) is 1. The van der Waals surface area contributed by atoms with Gasteiger partial charge in [0.2, 0.25) is 5.95 Å². The van der Waals surface area contributed by atoms with Crippen LogP contribution in [0.15, 0.2) is 6.20 Å². The van der Waals surface area contributed by atoms with Gasteiger partial charge in [0, 0.05) is 11.0 Å². The summed E-state index contributed by atoms with van der Waals surface area (Å²) in [5.41, 5.74) is 9.66. The molecule has 3 rings (SSSR count). The quantitative estimate of drug-likeness (QED) is 0.938. The molecule has 0 aromatic carbocycles. The Balaban J connectivity index is 2.42. The van der Waals surface area contributed by atoms with Gasteiger partial charge in [0.05, 0.1) is 23.0 Å². The molecule has 1 saturated carbocycles. The van der Waals surface area contributed by atoms with Gasteiger partial charge >= 0.3 is 0 Å². The molecule has 2 aromatic rings. The van der Waals surface area contributed by atoms with Crippen LogP contribution < -0.4 is 5.73 Å². The number of nitriles is 1. The van der Waals surface area contributed by atoms with Crippen LogP contribution in [-0.2, 0) is 5.41 Å².